The number of halogens is 1. The molecule has 1 aromatic heterocycles. The van der Waals surface area contributed by atoms with E-state index < -0.39 is 0 Å². The highest BCUT2D eigenvalue weighted by atomic mass is 19.1. The number of rotatable bonds is 8. The van der Waals surface area contributed by atoms with E-state index in [1.807, 2.05) is 20.8 Å². The third kappa shape index (κ3) is 6.07. The lowest BCUT2D eigenvalue weighted by Crippen LogP contribution is -2.20. The predicted molar refractivity (Wildman–Crippen MR) is 70.9 cm³/mol. The normalized spacial score (nSPS) is 12.9. The first kappa shape index (κ1) is 15.1. The highest BCUT2D eigenvalue weighted by molar-refractivity contribution is 5.14. The summed E-state index contributed by atoms with van der Waals surface area (Å²) in [6, 6.07) is 1.64. The fraction of sp³-hybridized carbons (Fsp3) is 0.643. The van der Waals surface area contributed by atoms with Crippen molar-refractivity contribution < 1.29 is 9.13 Å². The van der Waals surface area contributed by atoms with Gasteiger partial charge in [0.25, 0.3) is 0 Å². The average molecular weight is 254 g/mol. The van der Waals surface area contributed by atoms with E-state index in [1.54, 1.807) is 6.20 Å². The fourth-order valence-electron chi connectivity index (χ4n) is 1.65. The molecule has 1 N–H and O–H groups in total. The Morgan fingerprint density at radius 1 is 1.28 bits per heavy atom. The third-order valence-electron chi connectivity index (χ3n) is 2.70. The van der Waals surface area contributed by atoms with Gasteiger partial charge in [-0.3, -0.25) is 4.98 Å². The molecule has 0 bridgehead atoms. The van der Waals surface area contributed by atoms with Crippen molar-refractivity contribution in [1.29, 1.82) is 0 Å². The standard InChI is InChI=1S/C14H23FN2O/c1-11(2)18-7-5-4-6-17-12(3)13-8-14(15)10-16-9-13/h8-12,17H,4-7H2,1-3H3. The zero-order valence-corrected chi connectivity index (χ0v) is 11.4. The van der Waals surface area contributed by atoms with Crippen LogP contribution >= 0.6 is 0 Å². The maximum absolute atomic E-state index is 13.0. The Morgan fingerprint density at radius 3 is 2.72 bits per heavy atom. The second kappa shape index (κ2) is 8.16. The molecule has 18 heavy (non-hydrogen) atoms. The molecule has 0 aliphatic carbocycles. The lowest BCUT2D eigenvalue weighted by Gasteiger charge is -2.14. The molecular formula is C14H23FN2O. The number of unbranched alkanes of at least 4 members (excludes halogenated alkanes) is 1. The van der Waals surface area contributed by atoms with Crippen LogP contribution in [0.1, 0.15) is 45.2 Å². The minimum absolute atomic E-state index is 0.124. The van der Waals surface area contributed by atoms with Crippen molar-refractivity contribution in [3.8, 4) is 0 Å². The molecule has 102 valence electrons. The monoisotopic (exact) mass is 254 g/mol. The quantitative estimate of drug-likeness (QED) is 0.724. The molecule has 0 amide bonds. The van der Waals surface area contributed by atoms with Crippen LogP contribution in [0.5, 0.6) is 0 Å². The van der Waals surface area contributed by atoms with Gasteiger partial charge in [-0.25, -0.2) is 4.39 Å². The Morgan fingerprint density at radius 2 is 2.06 bits per heavy atom. The summed E-state index contributed by atoms with van der Waals surface area (Å²) in [7, 11) is 0. The van der Waals surface area contributed by atoms with Crippen LogP contribution in [0.4, 0.5) is 4.39 Å². The van der Waals surface area contributed by atoms with Crippen molar-refractivity contribution in [3.63, 3.8) is 0 Å². The second-order valence-corrected chi connectivity index (χ2v) is 4.74. The molecule has 0 aliphatic rings. The summed E-state index contributed by atoms with van der Waals surface area (Å²) in [4.78, 5) is 3.85. The van der Waals surface area contributed by atoms with E-state index in [1.165, 1.54) is 12.3 Å². The topological polar surface area (TPSA) is 34.1 Å². The molecule has 1 unspecified atom stereocenters. The first-order valence-corrected chi connectivity index (χ1v) is 6.55. The van der Waals surface area contributed by atoms with Gasteiger partial charge in [-0.15, -0.1) is 0 Å². The Labute approximate surface area is 109 Å². The zero-order chi connectivity index (χ0) is 13.4. The number of aromatic nitrogens is 1. The minimum atomic E-state index is -0.286. The van der Waals surface area contributed by atoms with Crippen LogP contribution in [0.2, 0.25) is 0 Å². The summed E-state index contributed by atoms with van der Waals surface area (Å²) in [5.74, 6) is -0.286. The summed E-state index contributed by atoms with van der Waals surface area (Å²) < 4.78 is 18.4. The molecule has 0 radical (unpaired) electrons. The van der Waals surface area contributed by atoms with Crippen molar-refractivity contribution in [2.45, 2.75) is 45.8 Å². The van der Waals surface area contributed by atoms with E-state index in [9.17, 15) is 4.39 Å². The van der Waals surface area contributed by atoms with E-state index in [4.69, 9.17) is 4.74 Å². The van der Waals surface area contributed by atoms with Gasteiger partial charge in [0.1, 0.15) is 5.82 Å². The summed E-state index contributed by atoms with van der Waals surface area (Å²) in [5, 5.41) is 3.35. The summed E-state index contributed by atoms with van der Waals surface area (Å²) in [5.41, 5.74) is 0.883. The highest BCUT2D eigenvalue weighted by Crippen LogP contribution is 2.11. The number of pyridine rings is 1. The van der Waals surface area contributed by atoms with Crippen LogP contribution in [-0.4, -0.2) is 24.2 Å². The van der Waals surface area contributed by atoms with E-state index in [0.717, 1.165) is 31.6 Å². The van der Waals surface area contributed by atoms with E-state index in [2.05, 4.69) is 10.3 Å². The molecule has 0 saturated carbocycles. The van der Waals surface area contributed by atoms with Gasteiger partial charge in [-0.05, 0) is 51.8 Å². The fourth-order valence-corrected chi connectivity index (χ4v) is 1.65. The molecule has 1 atom stereocenters. The summed E-state index contributed by atoms with van der Waals surface area (Å²) in [6.45, 7) is 7.80. The van der Waals surface area contributed by atoms with Crippen molar-refractivity contribution in [1.82, 2.24) is 10.3 Å². The molecule has 0 aromatic carbocycles. The number of hydrogen-bond acceptors (Lipinski definition) is 3. The number of nitrogens with one attached hydrogen (secondary N) is 1. The second-order valence-electron chi connectivity index (χ2n) is 4.74. The molecule has 1 heterocycles. The van der Waals surface area contributed by atoms with Crippen molar-refractivity contribution in [2.24, 2.45) is 0 Å². The van der Waals surface area contributed by atoms with Gasteiger partial charge in [0.2, 0.25) is 0 Å². The van der Waals surface area contributed by atoms with Crippen LogP contribution in [0.3, 0.4) is 0 Å². The smallest absolute Gasteiger partial charge is 0.141 e. The number of nitrogens with zero attached hydrogens (tertiary/aromatic N) is 1. The molecule has 0 aliphatic heterocycles. The molecule has 1 rings (SSSR count). The van der Waals surface area contributed by atoms with Crippen LogP contribution < -0.4 is 5.32 Å². The van der Waals surface area contributed by atoms with Crippen molar-refractivity contribution >= 4 is 0 Å². The van der Waals surface area contributed by atoms with Gasteiger partial charge in [0.05, 0.1) is 12.3 Å². The largest absolute Gasteiger partial charge is 0.379 e. The van der Waals surface area contributed by atoms with Gasteiger partial charge in [0.15, 0.2) is 0 Å². The van der Waals surface area contributed by atoms with Crippen molar-refractivity contribution in [2.75, 3.05) is 13.2 Å². The molecule has 3 nitrogen and oxygen atoms in total. The number of hydrogen-bond donors (Lipinski definition) is 1. The molecule has 0 fully saturated rings. The maximum Gasteiger partial charge on any atom is 0.141 e. The van der Waals surface area contributed by atoms with Crippen molar-refractivity contribution in [3.05, 3.63) is 29.8 Å². The van der Waals surface area contributed by atoms with E-state index in [0.29, 0.717) is 6.10 Å². The highest BCUT2D eigenvalue weighted by Gasteiger charge is 2.05. The third-order valence-corrected chi connectivity index (χ3v) is 2.70. The van der Waals surface area contributed by atoms with Crippen LogP contribution in [0.25, 0.3) is 0 Å². The Bertz CT molecular complexity index is 344. The maximum atomic E-state index is 13.0. The Kier molecular flexibility index (Phi) is 6.83. The van der Waals surface area contributed by atoms with Gasteiger partial charge >= 0.3 is 0 Å². The molecule has 1 aromatic rings. The lowest BCUT2D eigenvalue weighted by atomic mass is 10.1. The Balaban J connectivity index is 2.15. The van der Waals surface area contributed by atoms with Crippen LogP contribution in [-0.2, 0) is 4.74 Å². The molecule has 0 saturated heterocycles. The predicted octanol–water partition coefficient (Wildman–Crippen LogP) is 3.08. The van der Waals surface area contributed by atoms with E-state index >= 15 is 0 Å². The molecule has 0 spiro atoms. The number of ether oxygens (including phenoxy) is 1. The Hall–Kier alpha value is -1.00. The first-order valence-electron chi connectivity index (χ1n) is 6.55. The van der Waals surface area contributed by atoms with Gasteiger partial charge in [-0.1, -0.05) is 0 Å². The SMILES string of the molecule is CC(C)OCCCCNC(C)c1cncc(F)c1. The van der Waals surface area contributed by atoms with Crippen LogP contribution in [0, 0.1) is 5.82 Å². The minimum Gasteiger partial charge on any atom is -0.379 e. The molecular weight excluding hydrogens is 231 g/mol. The molecule has 4 heteroatoms. The lowest BCUT2D eigenvalue weighted by molar-refractivity contribution is 0.0759. The van der Waals surface area contributed by atoms with Crippen LogP contribution in [0.15, 0.2) is 18.5 Å². The first-order chi connectivity index (χ1) is 8.59. The van der Waals surface area contributed by atoms with E-state index in [-0.39, 0.29) is 11.9 Å². The van der Waals surface area contributed by atoms with Gasteiger partial charge < -0.3 is 10.1 Å². The summed E-state index contributed by atoms with van der Waals surface area (Å²) >= 11 is 0. The van der Waals surface area contributed by atoms with Gasteiger partial charge in [0, 0.05) is 18.8 Å². The van der Waals surface area contributed by atoms with Gasteiger partial charge in [-0.2, -0.15) is 0 Å². The summed E-state index contributed by atoms with van der Waals surface area (Å²) in [6.07, 6.45) is 5.32. The zero-order valence-electron chi connectivity index (χ0n) is 11.4. The average Bonchev–Trinajstić information content (AvgIpc) is 2.33.